The zero-order valence-electron chi connectivity index (χ0n) is 29.9. The summed E-state index contributed by atoms with van der Waals surface area (Å²) in [7, 11) is 1.72. The molecular weight excluding hydrogens is 740 g/mol. The molecule has 4 unspecified atom stereocenters. The van der Waals surface area contributed by atoms with Gasteiger partial charge in [0.15, 0.2) is 0 Å². The third-order valence-corrected chi connectivity index (χ3v) is 13.4. The second-order valence-corrected chi connectivity index (χ2v) is 16.3. The Bertz CT molecular complexity index is 2860. The number of allylic oxidation sites excluding steroid dienone is 3. The van der Waals surface area contributed by atoms with Crippen molar-refractivity contribution >= 4 is 50.7 Å². The summed E-state index contributed by atoms with van der Waals surface area (Å²) >= 11 is 7.89. The maximum Gasteiger partial charge on any atom is 0.352 e. The van der Waals surface area contributed by atoms with Gasteiger partial charge in [-0.25, -0.2) is 28.4 Å². The molecule has 1 saturated carbocycles. The third-order valence-electron chi connectivity index (χ3n) is 11.9. The molecule has 2 amide bonds. The number of phenolic OH excluding ortho intramolecular Hbond substituents is 1. The number of aromatic nitrogens is 5. The summed E-state index contributed by atoms with van der Waals surface area (Å²) in [5.41, 5.74) is 1.96. The van der Waals surface area contributed by atoms with Gasteiger partial charge >= 0.3 is 11.4 Å². The van der Waals surface area contributed by atoms with Gasteiger partial charge in [0, 0.05) is 40.7 Å². The number of thiophene rings is 1. The average molecular weight is 773 g/mol. The highest BCUT2D eigenvalue weighted by atomic mass is 35.5. The number of anilines is 1. The highest BCUT2D eigenvalue weighted by Crippen LogP contribution is 2.60. The Morgan fingerprint density at radius 3 is 2.60 bits per heavy atom. The van der Waals surface area contributed by atoms with E-state index in [1.165, 1.54) is 14.3 Å². The molecule has 55 heavy (non-hydrogen) atoms. The monoisotopic (exact) mass is 772 g/mol. The van der Waals surface area contributed by atoms with E-state index in [9.17, 15) is 19.5 Å². The molecule has 0 bridgehead atoms. The summed E-state index contributed by atoms with van der Waals surface area (Å²) in [4.78, 5) is 60.4. The highest BCUT2D eigenvalue weighted by molar-refractivity contribution is 7.22. The number of carbonyl (C=O) groups excluding carboxylic acids is 2. The van der Waals surface area contributed by atoms with Crippen LogP contribution in [-0.2, 0) is 29.6 Å². The molecule has 2 fully saturated rings. The van der Waals surface area contributed by atoms with Crippen LogP contribution in [0.3, 0.4) is 0 Å². The summed E-state index contributed by atoms with van der Waals surface area (Å²) < 4.78 is 12.7. The maximum absolute atomic E-state index is 15.2. The van der Waals surface area contributed by atoms with E-state index < -0.39 is 40.6 Å². The van der Waals surface area contributed by atoms with Crippen LogP contribution in [0.4, 0.5) is 5.82 Å². The number of ether oxygens (including phenoxy) is 1. The first-order valence-corrected chi connectivity index (χ1v) is 19.1. The van der Waals surface area contributed by atoms with E-state index in [-0.39, 0.29) is 24.6 Å². The highest BCUT2D eigenvalue weighted by Gasteiger charge is 2.66. The minimum Gasteiger partial charge on any atom is -0.508 e. The first-order valence-electron chi connectivity index (χ1n) is 17.9. The number of hydrogen-bond acceptors (Lipinski definition) is 8. The van der Waals surface area contributed by atoms with Crippen LogP contribution in [0.25, 0.3) is 26.3 Å². The van der Waals surface area contributed by atoms with Crippen LogP contribution in [0.15, 0.2) is 106 Å². The predicted molar refractivity (Wildman–Crippen MR) is 208 cm³/mol. The zero-order chi connectivity index (χ0) is 38.1. The number of aryl methyl sites for hydroxylation is 2. The van der Waals surface area contributed by atoms with Crippen LogP contribution in [0.2, 0.25) is 5.02 Å². The van der Waals surface area contributed by atoms with Crippen LogP contribution in [0, 0.1) is 24.2 Å². The lowest BCUT2D eigenvalue weighted by Gasteiger charge is -2.48. The molecule has 4 atom stereocenters. The number of halogens is 1. The number of carbonyl (C=O) groups is 2. The first kappa shape index (κ1) is 33.6. The smallest absolute Gasteiger partial charge is 0.352 e. The van der Waals surface area contributed by atoms with E-state index in [2.05, 4.69) is 0 Å². The molecule has 3 aromatic heterocycles. The lowest BCUT2D eigenvalue weighted by Crippen LogP contribution is -2.51. The fourth-order valence-electron chi connectivity index (χ4n) is 9.34. The second kappa shape index (κ2) is 11.8. The van der Waals surface area contributed by atoms with Gasteiger partial charge in [0.25, 0.3) is 0 Å². The van der Waals surface area contributed by atoms with E-state index in [0.29, 0.717) is 34.4 Å². The lowest BCUT2D eigenvalue weighted by atomic mass is 9.56. The summed E-state index contributed by atoms with van der Waals surface area (Å²) in [6.45, 7) is 3.93. The van der Waals surface area contributed by atoms with Gasteiger partial charge in [0.05, 0.1) is 40.7 Å². The molecular formula is C41H33ClN6O6S. The molecule has 1 N–H and O–H groups in total. The number of imide groups is 1. The van der Waals surface area contributed by atoms with Gasteiger partial charge in [0.1, 0.15) is 23.0 Å². The first-order chi connectivity index (χ1) is 26.4. The molecule has 1 saturated heterocycles. The Labute approximate surface area is 322 Å². The molecule has 10 rings (SSSR count). The number of benzene rings is 3. The second-order valence-electron chi connectivity index (χ2n) is 14.9. The van der Waals surface area contributed by atoms with Gasteiger partial charge in [-0.05, 0) is 90.9 Å². The molecule has 3 aromatic carbocycles. The molecule has 276 valence electrons. The quantitative estimate of drug-likeness (QED) is 0.164. The molecule has 14 heteroatoms. The van der Waals surface area contributed by atoms with Crippen molar-refractivity contribution in [3.63, 3.8) is 0 Å². The standard InChI is InChI=1S/C41H33ClN6O6S/c1-21-28-17-24(42)9-12-33(28)55-36(21)30-19-34(44(3)43-30)47-37(50)29-18-31-27(13-14-45-39(52)46(40(53)48(31)45)25-7-5-4-6-8-25)35(41(29,2)38(47)51)23-15-22-16-26(49)10-11-32(22)54-20-23/h4-13,16-17,19-20,29,31,35,49H,14-15,18H2,1-3H3. The van der Waals surface area contributed by atoms with E-state index in [1.807, 2.05) is 44.2 Å². The van der Waals surface area contributed by atoms with Crippen LogP contribution in [-0.4, -0.2) is 40.6 Å². The number of fused-ring (bicyclic) bond motifs is 6. The van der Waals surface area contributed by atoms with Gasteiger partial charge in [0.2, 0.25) is 11.8 Å². The van der Waals surface area contributed by atoms with Crippen molar-refractivity contribution in [1.29, 1.82) is 0 Å². The van der Waals surface area contributed by atoms with Crippen molar-refractivity contribution < 1.29 is 19.4 Å². The van der Waals surface area contributed by atoms with E-state index in [0.717, 1.165) is 41.8 Å². The molecule has 12 nitrogen and oxygen atoms in total. The number of rotatable bonds is 4. The van der Waals surface area contributed by atoms with Crippen molar-refractivity contribution in [1.82, 2.24) is 23.7 Å². The van der Waals surface area contributed by atoms with Crippen molar-refractivity contribution in [3.05, 3.63) is 133 Å². The van der Waals surface area contributed by atoms with Crippen LogP contribution in [0.1, 0.15) is 30.5 Å². The molecule has 1 aliphatic carbocycles. The fraction of sp³-hybridized carbons (Fsp3) is 0.244. The Morgan fingerprint density at radius 1 is 1.00 bits per heavy atom. The van der Waals surface area contributed by atoms with Crippen LogP contribution in [0.5, 0.6) is 11.5 Å². The van der Waals surface area contributed by atoms with E-state index >= 15 is 4.79 Å². The third kappa shape index (κ3) is 4.66. The Balaban J connectivity index is 1.12. The Hall–Kier alpha value is -5.92. The normalized spacial score (nSPS) is 22.8. The number of amides is 2. The molecule has 0 spiro atoms. The fourth-order valence-corrected chi connectivity index (χ4v) is 10.7. The van der Waals surface area contributed by atoms with Gasteiger partial charge in [-0.3, -0.25) is 14.3 Å². The van der Waals surface area contributed by atoms with Gasteiger partial charge in [-0.1, -0.05) is 35.9 Å². The Morgan fingerprint density at radius 2 is 1.80 bits per heavy atom. The van der Waals surface area contributed by atoms with Crippen molar-refractivity contribution in [2.24, 2.45) is 24.3 Å². The lowest BCUT2D eigenvalue weighted by molar-refractivity contribution is -0.130. The van der Waals surface area contributed by atoms with Gasteiger partial charge < -0.3 is 9.84 Å². The van der Waals surface area contributed by atoms with Crippen molar-refractivity contribution in [2.75, 3.05) is 4.90 Å². The number of para-hydroxylation sites is 1. The van der Waals surface area contributed by atoms with E-state index in [1.54, 1.807) is 77.9 Å². The van der Waals surface area contributed by atoms with Crippen molar-refractivity contribution in [2.45, 2.75) is 39.3 Å². The van der Waals surface area contributed by atoms with Gasteiger partial charge in [-0.15, -0.1) is 11.3 Å². The summed E-state index contributed by atoms with van der Waals surface area (Å²) in [5, 5.41) is 16.8. The number of phenols is 1. The molecule has 3 aliphatic heterocycles. The van der Waals surface area contributed by atoms with Crippen molar-refractivity contribution in [3.8, 4) is 27.8 Å². The predicted octanol–water partition coefficient (Wildman–Crippen LogP) is 6.30. The Kier molecular flexibility index (Phi) is 7.21. The average Bonchev–Trinajstić information content (AvgIpc) is 3.84. The zero-order valence-corrected chi connectivity index (χ0v) is 31.5. The van der Waals surface area contributed by atoms with E-state index in [4.69, 9.17) is 21.4 Å². The number of aromatic hydroxyl groups is 1. The molecule has 6 aromatic rings. The molecule has 6 heterocycles. The summed E-state index contributed by atoms with van der Waals surface area (Å²) in [6.07, 6.45) is 4.00. The summed E-state index contributed by atoms with van der Waals surface area (Å²) in [6, 6.07) is 20.4. The molecule has 4 aliphatic rings. The minimum atomic E-state index is -1.30. The number of hydrogen-bond donors (Lipinski definition) is 1. The summed E-state index contributed by atoms with van der Waals surface area (Å²) in [5.74, 6) is -1.37. The molecule has 0 radical (unpaired) electrons. The minimum absolute atomic E-state index is 0.0752. The topological polar surface area (TPSA) is 134 Å². The number of nitrogens with zero attached hydrogens (tertiary/aromatic N) is 6. The SMILES string of the molecule is Cc1c(-c2cc(N3C(=O)C4CC5C(=CCn6c(=O)n(-c7ccccc7)c(=O)n65)C(C5=COc6ccc(O)cc6C5)C4(C)C3=O)n(C)n2)sc2ccc(Cl)cc12. The van der Waals surface area contributed by atoms with Crippen LogP contribution >= 0.6 is 22.9 Å². The largest absolute Gasteiger partial charge is 0.508 e. The van der Waals surface area contributed by atoms with Crippen LogP contribution < -0.4 is 21.0 Å². The maximum atomic E-state index is 15.2. The van der Waals surface area contributed by atoms with Gasteiger partial charge in [-0.2, -0.15) is 5.10 Å².